The second-order valence-corrected chi connectivity index (χ2v) is 7.09. The highest BCUT2D eigenvalue weighted by Crippen LogP contribution is 2.39. The average molecular weight is 383 g/mol. The Morgan fingerprint density at radius 3 is 2.89 bits per heavy atom. The van der Waals surface area contributed by atoms with E-state index in [4.69, 9.17) is 4.74 Å². The molecule has 0 saturated carbocycles. The van der Waals surface area contributed by atoms with Gasteiger partial charge in [0.1, 0.15) is 11.4 Å². The topological polar surface area (TPSA) is 99.3 Å². The third-order valence-corrected chi connectivity index (χ3v) is 5.09. The van der Waals surface area contributed by atoms with Gasteiger partial charge in [-0.05, 0) is 48.9 Å². The fourth-order valence-corrected chi connectivity index (χ4v) is 4.03. The number of nitrogens with one attached hydrogen (secondary N) is 2. The molecule has 3 heterocycles. The molecule has 0 spiro atoms. The van der Waals surface area contributed by atoms with Crippen LogP contribution in [0.5, 0.6) is 5.75 Å². The van der Waals surface area contributed by atoms with Gasteiger partial charge in [-0.1, -0.05) is 6.92 Å². The molecule has 0 saturated heterocycles. The Balaban J connectivity index is 1.77. The Bertz CT molecular complexity index is 894. The first kappa shape index (κ1) is 18.4. The fourth-order valence-electron chi connectivity index (χ4n) is 4.03. The van der Waals surface area contributed by atoms with Crippen LogP contribution in [0.1, 0.15) is 31.9 Å². The fraction of sp³-hybridized carbons (Fsp3) is 0.474. The van der Waals surface area contributed by atoms with Gasteiger partial charge >= 0.3 is 0 Å². The summed E-state index contributed by atoms with van der Waals surface area (Å²) in [4.78, 5) is 17.1. The maximum atomic E-state index is 12.7. The number of ether oxygens (including phenoxy) is 1. The molecule has 148 valence electrons. The molecule has 0 fully saturated rings. The van der Waals surface area contributed by atoms with Crippen LogP contribution in [-0.2, 0) is 4.79 Å². The summed E-state index contributed by atoms with van der Waals surface area (Å²) in [6.07, 6.45) is 1.07. The molecule has 1 amide bonds. The number of hydrogen-bond acceptors (Lipinski definition) is 7. The lowest BCUT2D eigenvalue weighted by Crippen LogP contribution is -2.43. The number of benzene rings is 1. The maximum absolute atomic E-state index is 12.7. The summed E-state index contributed by atoms with van der Waals surface area (Å²) in [6, 6.07) is 5.56. The summed E-state index contributed by atoms with van der Waals surface area (Å²) < 4.78 is 5.87. The Hall–Kier alpha value is -2.94. The minimum absolute atomic E-state index is 0.0361. The first-order valence-electron chi connectivity index (χ1n) is 9.60. The molecule has 9 nitrogen and oxygen atoms in total. The van der Waals surface area contributed by atoms with Crippen LogP contribution in [0.2, 0.25) is 0 Å². The Kier molecular flexibility index (Phi) is 4.99. The highest BCUT2D eigenvalue weighted by atomic mass is 16.5. The minimum Gasteiger partial charge on any atom is -0.494 e. The first-order valence-corrected chi connectivity index (χ1v) is 9.60. The van der Waals surface area contributed by atoms with Crippen molar-refractivity contribution in [3.05, 3.63) is 35.0 Å². The number of aromatic amines is 1. The number of likely N-dealkylation sites (N-methyl/N-ethyl adjacent to an activating group) is 1. The number of nitrogens with zero attached hydrogens (tertiary/aromatic N) is 5. The van der Waals surface area contributed by atoms with E-state index in [1.165, 1.54) is 0 Å². The molecule has 0 aliphatic carbocycles. The molecule has 0 radical (unpaired) electrons. The van der Waals surface area contributed by atoms with Gasteiger partial charge in [0.2, 0.25) is 5.82 Å². The van der Waals surface area contributed by atoms with Crippen molar-refractivity contribution in [2.45, 2.75) is 26.3 Å². The molecule has 2 aromatic rings. The standard InChI is InChI=1S/C19H25N7O2/c1-4-8-26-10-14-16(20-19(27)17(14)25(3)11-26)13-9-12(18-21-23-24-22-18)6-7-15(13)28-5-2/h6-7,9,16H,4-5,8,10-11H2,1-3H3,(H,20,27)(H,21,22,23,24). The highest BCUT2D eigenvalue weighted by Gasteiger charge is 2.39. The normalized spacial score (nSPS) is 19.8. The van der Waals surface area contributed by atoms with Crippen LogP contribution in [0.25, 0.3) is 11.4 Å². The summed E-state index contributed by atoms with van der Waals surface area (Å²) in [5.74, 6) is 1.23. The van der Waals surface area contributed by atoms with Gasteiger partial charge in [0.05, 0.1) is 19.3 Å². The number of hydrogen-bond donors (Lipinski definition) is 2. The molecule has 1 aromatic heterocycles. The summed E-state index contributed by atoms with van der Waals surface area (Å²) >= 11 is 0. The predicted molar refractivity (Wildman–Crippen MR) is 103 cm³/mol. The second-order valence-electron chi connectivity index (χ2n) is 7.09. The van der Waals surface area contributed by atoms with Gasteiger partial charge in [0.15, 0.2) is 0 Å². The Morgan fingerprint density at radius 1 is 1.32 bits per heavy atom. The van der Waals surface area contributed by atoms with Crippen LogP contribution < -0.4 is 10.1 Å². The lowest BCUT2D eigenvalue weighted by Gasteiger charge is -2.35. The number of amides is 1. The van der Waals surface area contributed by atoms with Crippen LogP contribution in [0.15, 0.2) is 29.5 Å². The molecule has 2 N–H and O–H groups in total. The lowest BCUT2D eigenvalue weighted by molar-refractivity contribution is -0.118. The van der Waals surface area contributed by atoms with Crippen molar-refractivity contribution in [3.8, 4) is 17.1 Å². The molecule has 2 aliphatic heterocycles. The monoisotopic (exact) mass is 383 g/mol. The van der Waals surface area contributed by atoms with E-state index in [9.17, 15) is 4.79 Å². The van der Waals surface area contributed by atoms with Crippen molar-refractivity contribution in [2.24, 2.45) is 0 Å². The van der Waals surface area contributed by atoms with Crippen molar-refractivity contribution < 1.29 is 9.53 Å². The van der Waals surface area contributed by atoms with Crippen LogP contribution in [-0.4, -0.2) is 69.7 Å². The van der Waals surface area contributed by atoms with E-state index in [0.29, 0.717) is 12.4 Å². The summed E-state index contributed by atoms with van der Waals surface area (Å²) in [6.45, 7) is 7.17. The van der Waals surface area contributed by atoms with Crippen molar-refractivity contribution in [3.63, 3.8) is 0 Å². The molecular formula is C19H25N7O2. The number of H-pyrrole nitrogens is 1. The van der Waals surface area contributed by atoms with Gasteiger partial charge in [-0.15, -0.1) is 10.2 Å². The highest BCUT2D eigenvalue weighted by molar-refractivity contribution is 5.97. The van der Waals surface area contributed by atoms with E-state index < -0.39 is 0 Å². The van der Waals surface area contributed by atoms with Crippen molar-refractivity contribution in [2.75, 3.05) is 33.4 Å². The molecule has 1 atom stereocenters. The lowest BCUT2D eigenvalue weighted by atomic mass is 9.95. The molecule has 1 aromatic carbocycles. The quantitative estimate of drug-likeness (QED) is 0.776. The van der Waals surface area contributed by atoms with Gasteiger partial charge in [0, 0.05) is 24.7 Å². The Labute approximate surface area is 163 Å². The number of rotatable bonds is 6. The van der Waals surface area contributed by atoms with Crippen molar-refractivity contribution >= 4 is 5.91 Å². The largest absolute Gasteiger partial charge is 0.494 e. The van der Waals surface area contributed by atoms with Gasteiger partial charge in [-0.3, -0.25) is 9.69 Å². The molecule has 2 aliphatic rings. The van der Waals surface area contributed by atoms with Crippen LogP contribution >= 0.6 is 0 Å². The summed E-state index contributed by atoms with van der Waals surface area (Å²) in [5.41, 5.74) is 3.59. The molecule has 1 unspecified atom stereocenters. The number of aromatic nitrogens is 4. The molecule has 28 heavy (non-hydrogen) atoms. The third-order valence-electron chi connectivity index (χ3n) is 5.09. The van der Waals surface area contributed by atoms with Crippen LogP contribution in [0.4, 0.5) is 0 Å². The predicted octanol–water partition coefficient (Wildman–Crippen LogP) is 1.31. The van der Waals surface area contributed by atoms with E-state index in [-0.39, 0.29) is 11.9 Å². The smallest absolute Gasteiger partial charge is 0.268 e. The van der Waals surface area contributed by atoms with Gasteiger partial charge in [0.25, 0.3) is 5.91 Å². The summed E-state index contributed by atoms with van der Waals surface area (Å²) in [7, 11) is 1.97. The Morgan fingerprint density at radius 2 is 2.18 bits per heavy atom. The van der Waals surface area contributed by atoms with Gasteiger partial charge in [-0.2, -0.15) is 5.21 Å². The maximum Gasteiger partial charge on any atom is 0.268 e. The first-order chi connectivity index (χ1) is 13.6. The second kappa shape index (κ2) is 7.59. The summed E-state index contributed by atoms with van der Waals surface area (Å²) in [5, 5.41) is 17.4. The van der Waals surface area contributed by atoms with E-state index in [0.717, 1.165) is 54.3 Å². The number of carbonyl (C=O) groups is 1. The molecule has 4 rings (SSSR count). The van der Waals surface area contributed by atoms with Crippen LogP contribution in [0.3, 0.4) is 0 Å². The SMILES string of the molecule is CCCN1CC2=C(C(=O)NC2c2cc(-c3nn[nH]n3)ccc2OCC)N(C)C1. The van der Waals surface area contributed by atoms with Crippen molar-refractivity contribution in [1.29, 1.82) is 0 Å². The molecular weight excluding hydrogens is 358 g/mol. The molecule has 9 heteroatoms. The van der Waals surface area contributed by atoms with E-state index in [1.807, 2.05) is 37.1 Å². The third kappa shape index (κ3) is 3.22. The zero-order valence-corrected chi connectivity index (χ0v) is 16.4. The molecule has 0 bridgehead atoms. The van der Waals surface area contributed by atoms with Crippen molar-refractivity contribution in [1.82, 2.24) is 35.7 Å². The average Bonchev–Trinajstić information content (AvgIpc) is 3.31. The zero-order chi connectivity index (χ0) is 19.7. The number of tetrazole rings is 1. The van der Waals surface area contributed by atoms with E-state index in [2.05, 4.69) is 37.8 Å². The number of carbonyl (C=O) groups excluding carboxylic acids is 1. The zero-order valence-electron chi connectivity index (χ0n) is 16.4. The van der Waals surface area contributed by atoms with E-state index >= 15 is 0 Å². The van der Waals surface area contributed by atoms with Gasteiger partial charge in [-0.25, -0.2) is 0 Å². The van der Waals surface area contributed by atoms with E-state index in [1.54, 1.807) is 0 Å². The minimum atomic E-state index is -0.238. The van der Waals surface area contributed by atoms with Gasteiger partial charge < -0.3 is 15.0 Å². The van der Waals surface area contributed by atoms with Crippen LogP contribution in [0, 0.1) is 0 Å².